The van der Waals surface area contributed by atoms with E-state index >= 15 is 0 Å². The van der Waals surface area contributed by atoms with E-state index in [1.165, 1.54) is 7.11 Å². The predicted octanol–water partition coefficient (Wildman–Crippen LogP) is 3.17. The van der Waals surface area contributed by atoms with Crippen molar-refractivity contribution in [2.45, 2.75) is 32.7 Å². The Balaban J connectivity index is 2.00. The van der Waals surface area contributed by atoms with Gasteiger partial charge in [0.15, 0.2) is 0 Å². The number of nitrogens with zero attached hydrogens (tertiary/aromatic N) is 1. The van der Waals surface area contributed by atoms with E-state index in [2.05, 4.69) is 19.2 Å². The molecule has 1 N–H and O–H groups in total. The van der Waals surface area contributed by atoms with Crippen molar-refractivity contribution >= 4 is 21.6 Å². The van der Waals surface area contributed by atoms with E-state index in [4.69, 9.17) is 9.47 Å². The second kappa shape index (κ2) is 10.3. The molecule has 0 bridgehead atoms. The van der Waals surface area contributed by atoms with Crippen LogP contribution in [0.4, 0.5) is 5.69 Å². The molecule has 164 valence electrons. The fourth-order valence-corrected chi connectivity index (χ4v) is 4.28. The van der Waals surface area contributed by atoms with Gasteiger partial charge in [0, 0.05) is 0 Å². The van der Waals surface area contributed by atoms with Crippen LogP contribution in [0.2, 0.25) is 0 Å². The summed E-state index contributed by atoms with van der Waals surface area (Å²) in [5.41, 5.74) is 1.49. The van der Waals surface area contributed by atoms with Gasteiger partial charge < -0.3 is 14.8 Å². The van der Waals surface area contributed by atoms with Gasteiger partial charge in [-0.1, -0.05) is 32.0 Å². The second-order valence-corrected chi connectivity index (χ2v) is 9.12. The molecule has 0 unspecified atom stereocenters. The van der Waals surface area contributed by atoms with E-state index < -0.39 is 22.0 Å². The number of carbonyl (C=O) groups is 1. The fraction of sp³-hybridized carbons (Fsp3) is 0.409. The molecular formula is C22H30N2O5S. The molecule has 1 amide bonds. The van der Waals surface area contributed by atoms with Crippen LogP contribution in [0.5, 0.6) is 11.5 Å². The highest BCUT2D eigenvalue weighted by Gasteiger charge is 2.29. The van der Waals surface area contributed by atoms with Crippen molar-refractivity contribution in [1.29, 1.82) is 0 Å². The molecule has 0 aliphatic carbocycles. The summed E-state index contributed by atoms with van der Waals surface area (Å²) in [4.78, 5) is 12.6. The first-order valence-electron chi connectivity index (χ1n) is 9.78. The molecule has 2 rings (SSSR count). The maximum atomic E-state index is 12.6. The Morgan fingerprint density at radius 2 is 1.70 bits per heavy atom. The molecule has 0 saturated carbocycles. The summed E-state index contributed by atoms with van der Waals surface area (Å²) >= 11 is 0. The number of nitrogens with one attached hydrogen (secondary N) is 1. The van der Waals surface area contributed by atoms with E-state index in [1.807, 2.05) is 24.3 Å². The summed E-state index contributed by atoms with van der Waals surface area (Å²) in [5.74, 6) is 1.30. The Morgan fingerprint density at radius 3 is 2.27 bits per heavy atom. The summed E-state index contributed by atoms with van der Waals surface area (Å²) in [6, 6.07) is 13.4. The minimum atomic E-state index is -3.67. The lowest BCUT2D eigenvalue weighted by molar-refractivity contribution is -0.121. The van der Waals surface area contributed by atoms with Gasteiger partial charge in [0.1, 0.15) is 24.1 Å². The average Bonchev–Trinajstić information content (AvgIpc) is 2.70. The van der Waals surface area contributed by atoms with Crippen LogP contribution in [0, 0.1) is 0 Å². The number of ether oxygens (including phenoxy) is 2. The highest BCUT2D eigenvalue weighted by molar-refractivity contribution is 7.92. The van der Waals surface area contributed by atoms with E-state index in [0.29, 0.717) is 17.4 Å². The van der Waals surface area contributed by atoms with Gasteiger partial charge in [0.25, 0.3) is 0 Å². The van der Waals surface area contributed by atoms with Crippen LogP contribution in [0.15, 0.2) is 48.5 Å². The molecule has 0 spiro atoms. The lowest BCUT2D eigenvalue weighted by Crippen LogP contribution is -2.48. The van der Waals surface area contributed by atoms with Crippen LogP contribution in [0.3, 0.4) is 0 Å². The third kappa shape index (κ3) is 6.13. The fourth-order valence-electron chi connectivity index (χ4n) is 3.11. The lowest BCUT2D eigenvalue weighted by atomic mass is 10.0. The van der Waals surface area contributed by atoms with Crippen LogP contribution < -0.4 is 19.1 Å². The molecule has 8 heteroatoms. The third-order valence-electron chi connectivity index (χ3n) is 4.62. The van der Waals surface area contributed by atoms with Crippen molar-refractivity contribution in [2.24, 2.45) is 0 Å². The summed E-state index contributed by atoms with van der Waals surface area (Å²) in [5, 5.41) is 2.75. The van der Waals surface area contributed by atoms with Crippen LogP contribution in [0.25, 0.3) is 0 Å². The molecule has 1 atom stereocenters. The van der Waals surface area contributed by atoms with E-state index in [-0.39, 0.29) is 13.2 Å². The first-order chi connectivity index (χ1) is 14.1. The van der Waals surface area contributed by atoms with Crippen molar-refractivity contribution in [3.05, 3.63) is 54.1 Å². The molecule has 0 radical (unpaired) electrons. The number of carbonyl (C=O) groups excluding carboxylic acids is 1. The van der Waals surface area contributed by atoms with Gasteiger partial charge in [-0.3, -0.25) is 9.10 Å². The summed E-state index contributed by atoms with van der Waals surface area (Å²) in [6.07, 6.45) is 1.08. The SMILES string of the molecule is COc1ccc(N([C@H](C)C(=O)NCCOc2ccccc2C(C)C)S(C)(=O)=O)cc1. The number of hydrogen-bond acceptors (Lipinski definition) is 5. The number of anilines is 1. The normalized spacial score (nSPS) is 12.3. The van der Waals surface area contributed by atoms with E-state index in [9.17, 15) is 13.2 Å². The van der Waals surface area contributed by atoms with E-state index in [1.54, 1.807) is 31.2 Å². The number of benzene rings is 2. The first kappa shape index (κ1) is 23.5. The smallest absolute Gasteiger partial charge is 0.243 e. The molecular weight excluding hydrogens is 404 g/mol. The lowest BCUT2D eigenvalue weighted by Gasteiger charge is -2.28. The first-order valence-corrected chi connectivity index (χ1v) is 11.6. The van der Waals surface area contributed by atoms with Gasteiger partial charge in [0.05, 0.1) is 25.6 Å². The minimum absolute atomic E-state index is 0.260. The Kier molecular flexibility index (Phi) is 8.11. The maximum Gasteiger partial charge on any atom is 0.243 e. The third-order valence-corrected chi connectivity index (χ3v) is 5.86. The Morgan fingerprint density at radius 1 is 1.07 bits per heavy atom. The Labute approximate surface area is 179 Å². The van der Waals surface area contributed by atoms with Gasteiger partial charge in [-0.15, -0.1) is 0 Å². The Hall–Kier alpha value is -2.74. The Bertz CT molecular complexity index is 942. The van der Waals surface area contributed by atoms with Gasteiger partial charge in [0.2, 0.25) is 15.9 Å². The molecule has 0 aromatic heterocycles. The summed E-state index contributed by atoms with van der Waals surface area (Å²) in [7, 11) is -2.14. The standard InChI is InChI=1S/C22H30N2O5S/c1-16(2)20-8-6-7-9-21(20)29-15-14-23-22(25)17(3)24(30(5,26)27)18-10-12-19(28-4)13-11-18/h6-13,16-17H,14-15H2,1-5H3,(H,23,25)/t17-/m1/s1. The number of sulfonamides is 1. The van der Waals surface area contributed by atoms with E-state index in [0.717, 1.165) is 21.9 Å². The van der Waals surface area contributed by atoms with Crippen LogP contribution in [0.1, 0.15) is 32.3 Å². The average molecular weight is 435 g/mol. The maximum absolute atomic E-state index is 12.6. The summed E-state index contributed by atoms with van der Waals surface area (Å²) in [6.45, 7) is 6.27. The van der Waals surface area contributed by atoms with Gasteiger partial charge in [-0.05, 0) is 48.7 Å². The minimum Gasteiger partial charge on any atom is -0.497 e. The number of amides is 1. The number of rotatable bonds is 10. The topological polar surface area (TPSA) is 84.9 Å². The predicted molar refractivity (Wildman–Crippen MR) is 119 cm³/mol. The zero-order valence-corrected chi connectivity index (χ0v) is 18.9. The van der Waals surface area contributed by atoms with Crippen molar-refractivity contribution in [1.82, 2.24) is 5.32 Å². The zero-order valence-electron chi connectivity index (χ0n) is 18.1. The number of methoxy groups -OCH3 is 1. The van der Waals surface area contributed by atoms with Crippen LogP contribution in [-0.4, -0.2) is 46.9 Å². The van der Waals surface area contributed by atoms with Crippen molar-refractivity contribution in [3.63, 3.8) is 0 Å². The molecule has 0 saturated heterocycles. The molecule has 0 aliphatic heterocycles. The van der Waals surface area contributed by atoms with Gasteiger partial charge in [-0.2, -0.15) is 0 Å². The second-order valence-electron chi connectivity index (χ2n) is 7.26. The van der Waals surface area contributed by atoms with Crippen LogP contribution in [-0.2, 0) is 14.8 Å². The zero-order chi connectivity index (χ0) is 22.3. The molecule has 0 heterocycles. The molecule has 0 fully saturated rings. The monoisotopic (exact) mass is 434 g/mol. The molecule has 2 aromatic carbocycles. The number of para-hydroxylation sites is 1. The molecule has 30 heavy (non-hydrogen) atoms. The van der Waals surface area contributed by atoms with Crippen molar-refractivity contribution < 1.29 is 22.7 Å². The highest BCUT2D eigenvalue weighted by Crippen LogP contribution is 2.26. The summed E-state index contributed by atoms with van der Waals surface area (Å²) < 4.78 is 36.7. The van der Waals surface area contributed by atoms with Crippen molar-refractivity contribution in [3.8, 4) is 11.5 Å². The largest absolute Gasteiger partial charge is 0.497 e. The molecule has 2 aromatic rings. The highest BCUT2D eigenvalue weighted by atomic mass is 32.2. The molecule has 7 nitrogen and oxygen atoms in total. The number of hydrogen-bond donors (Lipinski definition) is 1. The quantitative estimate of drug-likeness (QED) is 0.581. The van der Waals surface area contributed by atoms with Crippen LogP contribution >= 0.6 is 0 Å². The molecule has 0 aliphatic rings. The van der Waals surface area contributed by atoms with Crippen molar-refractivity contribution in [2.75, 3.05) is 30.8 Å². The van der Waals surface area contributed by atoms with Gasteiger partial charge in [-0.25, -0.2) is 8.42 Å². The van der Waals surface area contributed by atoms with Gasteiger partial charge >= 0.3 is 0 Å².